The molecular formula is C14H18O3. The molecule has 0 aliphatic heterocycles. The molecule has 2 rings (SSSR count). The monoisotopic (exact) mass is 234 g/mol. The molecule has 0 N–H and O–H groups in total. The highest BCUT2D eigenvalue weighted by Crippen LogP contribution is 2.22. The first-order valence-corrected chi connectivity index (χ1v) is 6.13. The Morgan fingerprint density at radius 3 is 2.88 bits per heavy atom. The normalized spacial score (nSPS) is 18.5. The van der Waals surface area contributed by atoms with E-state index in [4.69, 9.17) is 9.47 Å². The smallest absolute Gasteiger partial charge is 0.332 e. The Morgan fingerprint density at radius 2 is 2.12 bits per heavy atom. The highest BCUT2D eigenvalue weighted by molar-refractivity contribution is 5.71. The quantitative estimate of drug-likeness (QED) is 0.749. The number of carbonyl (C=O) groups excluding carboxylic acids is 1. The van der Waals surface area contributed by atoms with Crippen LogP contribution in [0.25, 0.3) is 0 Å². The predicted octanol–water partition coefficient (Wildman–Crippen LogP) is 2.12. The van der Waals surface area contributed by atoms with E-state index in [2.05, 4.69) is 18.2 Å². The maximum Gasteiger partial charge on any atom is 0.332 e. The van der Waals surface area contributed by atoms with Crippen LogP contribution in [0.5, 0.6) is 0 Å². The van der Waals surface area contributed by atoms with Crippen molar-refractivity contribution in [1.82, 2.24) is 0 Å². The number of fused-ring (bicyclic) bond motifs is 1. The summed E-state index contributed by atoms with van der Waals surface area (Å²) in [5, 5.41) is 0. The number of aryl methyl sites for hydroxylation is 1. The molecule has 17 heavy (non-hydrogen) atoms. The van der Waals surface area contributed by atoms with Crippen molar-refractivity contribution < 1.29 is 14.3 Å². The minimum absolute atomic E-state index is 0.0119. The summed E-state index contributed by atoms with van der Waals surface area (Å²) in [6, 6.07) is 8.34. The molecule has 0 unspecified atom stereocenters. The molecule has 1 aliphatic rings. The lowest BCUT2D eigenvalue weighted by molar-refractivity contribution is -0.154. The lowest BCUT2D eigenvalue weighted by atomic mass is 9.90. The van der Waals surface area contributed by atoms with Gasteiger partial charge in [0.1, 0.15) is 12.7 Å². The van der Waals surface area contributed by atoms with Crippen LogP contribution < -0.4 is 0 Å². The van der Waals surface area contributed by atoms with Gasteiger partial charge >= 0.3 is 5.97 Å². The van der Waals surface area contributed by atoms with Crippen LogP contribution >= 0.6 is 0 Å². The molecule has 0 aromatic heterocycles. The Hall–Kier alpha value is -1.35. The zero-order valence-corrected chi connectivity index (χ0v) is 10.1. The zero-order chi connectivity index (χ0) is 12.1. The van der Waals surface area contributed by atoms with E-state index in [1.54, 1.807) is 0 Å². The fraction of sp³-hybridized carbons (Fsp3) is 0.500. The van der Waals surface area contributed by atoms with Crippen molar-refractivity contribution in [3.05, 3.63) is 35.4 Å². The molecule has 1 aliphatic carbocycles. The summed E-state index contributed by atoms with van der Waals surface area (Å²) >= 11 is 0. The van der Waals surface area contributed by atoms with Crippen molar-refractivity contribution in [3.63, 3.8) is 0 Å². The Labute approximate surface area is 102 Å². The van der Waals surface area contributed by atoms with E-state index in [-0.39, 0.29) is 18.7 Å². The van der Waals surface area contributed by atoms with E-state index in [0.29, 0.717) is 6.61 Å². The van der Waals surface area contributed by atoms with Crippen LogP contribution in [0.3, 0.4) is 0 Å². The third-order valence-corrected chi connectivity index (χ3v) is 3.02. The lowest BCUT2D eigenvalue weighted by Gasteiger charge is -2.24. The standard InChI is InChI=1S/C14H18O3/c1-2-16-10-14(15)17-13-8-7-11-5-3-4-6-12(11)9-13/h3-6,13H,2,7-10H2,1H3/t13-/m0/s1. The summed E-state index contributed by atoms with van der Waals surface area (Å²) in [6.07, 6.45) is 2.74. The molecular weight excluding hydrogens is 216 g/mol. The van der Waals surface area contributed by atoms with Crippen LogP contribution in [-0.2, 0) is 27.1 Å². The number of hydrogen-bond acceptors (Lipinski definition) is 3. The van der Waals surface area contributed by atoms with Gasteiger partial charge in [0, 0.05) is 13.0 Å². The highest BCUT2D eigenvalue weighted by Gasteiger charge is 2.21. The van der Waals surface area contributed by atoms with Crippen molar-refractivity contribution >= 4 is 5.97 Å². The molecule has 1 aromatic carbocycles. The highest BCUT2D eigenvalue weighted by atomic mass is 16.6. The number of benzene rings is 1. The summed E-state index contributed by atoms with van der Waals surface area (Å²) < 4.78 is 10.4. The number of esters is 1. The molecule has 3 heteroatoms. The summed E-state index contributed by atoms with van der Waals surface area (Å²) in [6.45, 7) is 2.47. The lowest BCUT2D eigenvalue weighted by Crippen LogP contribution is -2.27. The second-order valence-electron chi connectivity index (χ2n) is 4.26. The van der Waals surface area contributed by atoms with Crippen molar-refractivity contribution in [2.24, 2.45) is 0 Å². The molecule has 0 radical (unpaired) electrons. The predicted molar refractivity (Wildman–Crippen MR) is 64.8 cm³/mol. The minimum atomic E-state index is -0.253. The summed E-state index contributed by atoms with van der Waals surface area (Å²) in [4.78, 5) is 11.4. The maximum atomic E-state index is 11.4. The maximum absolute atomic E-state index is 11.4. The van der Waals surface area contributed by atoms with E-state index in [1.165, 1.54) is 11.1 Å². The van der Waals surface area contributed by atoms with E-state index < -0.39 is 0 Å². The van der Waals surface area contributed by atoms with E-state index in [9.17, 15) is 4.79 Å². The molecule has 92 valence electrons. The summed E-state index contributed by atoms with van der Waals surface area (Å²) in [7, 11) is 0. The Kier molecular flexibility index (Phi) is 4.15. The van der Waals surface area contributed by atoms with E-state index in [0.717, 1.165) is 19.3 Å². The molecule has 1 aromatic rings. The Balaban J connectivity index is 1.88. The van der Waals surface area contributed by atoms with Crippen LogP contribution in [-0.4, -0.2) is 25.3 Å². The van der Waals surface area contributed by atoms with Crippen LogP contribution in [0, 0.1) is 0 Å². The van der Waals surface area contributed by atoms with Gasteiger partial charge in [0.15, 0.2) is 0 Å². The minimum Gasteiger partial charge on any atom is -0.460 e. The molecule has 0 heterocycles. The van der Waals surface area contributed by atoms with Crippen molar-refractivity contribution in [3.8, 4) is 0 Å². The number of rotatable bonds is 4. The second-order valence-corrected chi connectivity index (χ2v) is 4.26. The van der Waals surface area contributed by atoms with Crippen molar-refractivity contribution in [2.75, 3.05) is 13.2 Å². The van der Waals surface area contributed by atoms with Crippen LogP contribution in [0.15, 0.2) is 24.3 Å². The van der Waals surface area contributed by atoms with Crippen LogP contribution in [0.1, 0.15) is 24.5 Å². The van der Waals surface area contributed by atoms with Gasteiger partial charge < -0.3 is 9.47 Å². The van der Waals surface area contributed by atoms with Crippen LogP contribution in [0.4, 0.5) is 0 Å². The van der Waals surface area contributed by atoms with Gasteiger partial charge in [-0.3, -0.25) is 0 Å². The topological polar surface area (TPSA) is 35.5 Å². The van der Waals surface area contributed by atoms with Crippen LogP contribution in [0.2, 0.25) is 0 Å². The van der Waals surface area contributed by atoms with Gasteiger partial charge in [-0.05, 0) is 30.9 Å². The Morgan fingerprint density at radius 1 is 1.35 bits per heavy atom. The van der Waals surface area contributed by atoms with Gasteiger partial charge in [0.2, 0.25) is 0 Å². The van der Waals surface area contributed by atoms with Gasteiger partial charge in [0.25, 0.3) is 0 Å². The third-order valence-electron chi connectivity index (χ3n) is 3.02. The number of ether oxygens (including phenoxy) is 2. The molecule has 1 atom stereocenters. The van der Waals surface area contributed by atoms with Gasteiger partial charge in [-0.15, -0.1) is 0 Å². The van der Waals surface area contributed by atoms with Gasteiger partial charge in [-0.1, -0.05) is 24.3 Å². The number of hydrogen-bond donors (Lipinski definition) is 0. The summed E-state index contributed by atoms with van der Waals surface area (Å²) in [5.41, 5.74) is 2.68. The first-order chi connectivity index (χ1) is 8.29. The third kappa shape index (κ3) is 3.30. The molecule has 3 nitrogen and oxygen atoms in total. The Bertz CT molecular complexity index is 387. The molecule has 0 amide bonds. The van der Waals surface area contributed by atoms with E-state index >= 15 is 0 Å². The molecule has 0 saturated heterocycles. The second kappa shape index (κ2) is 5.82. The number of carbonyl (C=O) groups is 1. The average Bonchev–Trinajstić information content (AvgIpc) is 2.36. The van der Waals surface area contributed by atoms with Crippen molar-refractivity contribution in [2.45, 2.75) is 32.3 Å². The largest absolute Gasteiger partial charge is 0.460 e. The van der Waals surface area contributed by atoms with Crippen molar-refractivity contribution in [1.29, 1.82) is 0 Å². The molecule has 0 saturated carbocycles. The molecule has 0 bridgehead atoms. The molecule has 0 spiro atoms. The SMILES string of the molecule is CCOCC(=O)O[C@H]1CCc2ccccc2C1. The van der Waals surface area contributed by atoms with Gasteiger partial charge in [-0.25, -0.2) is 4.79 Å². The first kappa shape index (κ1) is 12.1. The first-order valence-electron chi connectivity index (χ1n) is 6.13. The van der Waals surface area contributed by atoms with E-state index in [1.807, 2.05) is 13.0 Å². The fourth-order valence-electron chi connectivity index (χ4n) is 2.17. The average molecular weight is 234 g/mol. The summed E-state index contributed by atoms with van der Waals surface area (Å²) in [5.74, 6) is -0.253. The fourth-order valence-corrected chi connectivity index (χ4v) is 2.17. The van der Waals surface area contributed by atoms with Gasteiger partial charge in [0.05, 0.1) is 0 Å². The van der Waals surface area contributed by atoms with Gasteiger partial charge in [-0.2, -0.15) is 0 Å². The molecule has 0 fully saturated rings. The zero-order valence-electron chi connectivity index (χ0n) is 10.1.